The average molecular weight is 374 g/mol. The lowest BCUT2D eigenvalue weighted by Gasteiger charge is -2.37. The first-order valence-electron chi connectivity index (χ1n) is 10.2. The first kappa shape index (κ1) is 17.3. The molecule has 1 unspecified atom stereocenters. The summed E-state index contributed by atoms with van der Waals surface area (Å²) in [6.07, 6.45) is 2.96. The maximum Gasteiger partial charge on any atom is 0.227 e. The monoisotopic (exact) mass is 374 g/mol. The summed E-state index contributed by atoms with van der Waals surface area (Å²) in [5.41, 5.74) is 4.83. The highest BCUT2D eigenvalue weighted by molar-refractivity contribution is 5.81. The Balaban J connectivity index is 1.34. The number of piperidine rings is 1. The van der Waals surface area contributed by atoms with Gasteiger partial charge in [-0.2, -0.15) is 0 Å². The van der Waals surface area contributed by atoms with E-state index in [1.165, 1.54) is 11.1 Å². The van der Waals surface area contributed by atoms with Crippen LogP contribution >= 0.6 is 0 Å². The fraction of sp³-hybridized carbons (Fsp3) is 0.391. The predicted molar refractivity (Wildman–Crippen MR) is 111 cm³/mol. The molecule has 5 rings (SSSR count). The van der Waals surface area contributed by atoms with E-state index in [-0.39, 0.29) is 5.92 Å². The van der Waals surface area contributed by atoms with E-state index in [9.17, 15) is 4.79 Å². The van der Waals surface area contributed by atoms with Crippen molar-refractivity contribution in [3.63, 3.8) is 0 Å². The Kier molecular flexibility index (Phi) is 4.30. The molecule has 1 aromatic heterocycles. The van der Waals surface area contributed by atoms with E-state index in [1.54, 1.807) is 0 Å². The Hall–Kier alpha value is -2.82. The third kappa shape index (κ3) is 2.95. The summed E-state index contributed by atoms with van der Waals surface area (Å²) in [6, 6.07) is 16.7. The van der Waals surface area contributed by atoms with Crippen molar-refractivity contribution >= 4 is 22.9 Å². The van der Waals surface area contributed by atoms with Crippen molar-refractivity contribution < 1.29 is 4.79 Å². The summed E-state index contributed by atoms with van der Waals surface area (Å²) >= 11 is 0. The lowest BCUT2D eigenvalue weighted by Crippen LogP contribution is -2.46. The summed E-state index contributed by atoms with van der Waals surface area (Å²) in [5, 5.41) is 0. The van der Waals surface area contributed by atoms with Crippen molar-refractivity contribution in [1.82, 2.24) is 14.5 Å². The topological polar surface area (TPSA) is 41.4 Å². The zero-order chi connectivity index (χ0) is 19.1. The van der Waals surface area contributed by atoms with Gasteiger partial charge in [0.2, 0.25) is 11.9 Å². The second kappa shape index (κ2) is 6.97. The Morgan fingerprint density at radius 2 is 1.82 bits per heavy atom. The minimum Gasteiger partial charge on any atom is -0.341 e. The van der Waals surface area contributed by atoms with Crippen LogP contribution in [0.5, 0.6) is 0 Å². The first-order chi connectivity index (χ1) is 13.7. The SMILES string of the molecule is Cn1c(N2CCCC(C(=O)N3CCc4ccccc4C3)C2)nc2ccccc21. The molecule has 1 amide bonds. The van der Waals surface area contributed by atoms with Crippen molar-refractivity contribution in [1.29, 1.82) is 0 Å². The number of carbonyl (C=O) groups excluding carboxylic acids is 1. The molecule has 2 aliphatic heterocycles. The number of hydrogen-bond acceptors (Lipinski definition) is 3. The minimum atomic E-state index is 0.0545. The smallest absolute Gasteiger partial charge is 0.227 e. The van der Waals surface area contributed by atoms with Gasteiger partial charge < -0.3 is 14.4 Å². The zero-order valence-corrected chi connectivity index (χ0v) is 16.3. The van der Waals surface area contributed by atoms with Crippen LogP contribution < -0.4 is 4.90 Å². The van der Waals surface area contributed by atoms with Gasteiger partial charge >= 0.3 is 0 Å². The molecular weight excluding hydrogens is 348 g/mol. The maximum atomic E-state index is 13.3. The highest BCUT2D eigenvalue weighted by Crippen LogP contribution is 2.28. The number of para-hydroxylation sites is 2. The lowest BCUT2D eigenvalue weighted by molar-refractivity contribution is -0.136. The van der Waals surface area contributed by atoms with Crippen molar-refractivity contribution in [3.05, 3.63) is 59.7 Å². The number of imidazole rings is 1. The molecule has 1 saturated heterocycles. The largest absolute Gasteiger partial charge is 0.341 e. The summed E-state index contributed by atoms with van der Waals surface area (Å²) < 4.78 is 2.15. The van der Waals surface area contributed by atoms with Crippen molar-refractivity contribution in [3.8, 4) is 0 Å². The van der Waals surface area contributed by atoms with Gasteiger partial charge in [0.1, 0.15) is 0 Å². The van der Waals surface area contributed by atoms with E-state index >= 15 is 0 Å². The summed E-state index contributed by atoms with van der Waals surface area (Å²) in [4.78, 5) is 22.5. The van der Waals surface area contributed by atoms with Crippen molar-refractivity contribution in [2.24, 2.45) is 13.0 Å². The van der Waals surface area contributed by atoms with Gasteiger partial charge in [0.15, 0.2) is 0 Å². The second-order valence-electron chi connectivity index (χ2n) is 8.02. The summed E-state index contributed by atoms with van der Waals surface area (Å²) in [6.45, 7) is 3.30. The molecular formula is C23H26N4O. The van der Waals surface area contributed by atoms with Gasteiger partial charge in [-0.25, -0.2) is 4.98 Å². The molecule has 2 aliphatic rings. The third-order valence-electron chi connectivity index (χ3n) is 6.26. The number of aromatic nitrogens is 2. The van der Waals surface area contributed by atoms with Gasteiger partial charge in [-0.15, -0.1) is 0 Å². The number of carbonyl (C=O) groups is 1. The zero-order valence-electron chi connectivity index (χ0n) is 16.3. The molecule has 1 fully saturated rings. The molecule has 2 aromatic carbocycles. The van der Waals surface area contributed by atoms with Gasteiger partial charge in [0.25, 0.3) is 0 Å². The van der Waals surface area contributed by atoms with Gasteiger partial charge in [-0.05, 0) is 42.5 Å². The molecule has 0 saturated carbocycles. The maximum absolute atomic E-state index is 13.3. The van der Waals surface area contributed by atoms with Gasteiger partial charge in [0.05, 0.1) is 17.0 Å². The number of benzene rings is 2. The van der Waals surface area contributed by atoms with Crippen LogP contribution in [0.2, 0.25) is 0 Å². The summed E-state index contributed by atoms with van der Waals surface area (Å²) in [7, 11) is 2.07. The van der Waals surface area contributed by atoms with E-state index in [0.717, 1.165) is 62.4 Å². The Labute approximate surface area is 165 Å². The molecule has 1 atom stereocenters. The highest BCUT2D eigenvalue weighted by atomic mass is 16.2. The third-order valence-corrected chi connectivity index (χ3v) is 6.26. The molecule has 0 bridgehead atoms. The average Bonchev–Trinajstić information content (AvgIpc) is 3.10. The van der Waals surface area contributed by atoms with Crippen LogP contribution in [0.3, 0.4) is 0 Å². The molecule has 5 heteroatoms. The Morgan fingerprint density at radius 3 is 2.68 bits per heavy atom. The van der Waals surface area contributed by atoms with Crippen LogP contribution in [0.25, 0.3) is 11.0 Å². The van der Waals surface area contributed by atoms with Gasteiger partial charge in [0, 0.05) is 33.2 Å². The standard InChI is InChI=1S/C23H26N4O/c1-25-21-11-5-4-10-20(21)24-23(25)27-13-6-9-19(16-27)22(28)26-14-12-17-7-2-3-8-18(17)15-26/h2-5,7-8,10-11,19H,6,9,12-16H2,1H3. The number of anilines is 1. The molecule has 5 nitrogen and oxygen atoms in total. The molecule has 0 aliphatic carbocycles. The molecule has 0 N–H and O–H groups in total. The van der Waals surface area contributed by atoms with Crippen molar-refractivity contribution in [2.75, 3.05) is 24.5 Å². The quantitative estimate of drug-likeness (QED) is 0.691. The number of hydrogen-bond donors (Lipinski definition) is 0. The van der Waals surface area contributed by atoms with Crippen LogP contribution in [-0.2, 0) is 24.8 Å². The van der Waals surface area contributed by atoms with E-state index in [2.05, 4.69) is 57.8 Å². The molecule has 3 heterocycles. The fourth-order valence-corrected chi connectivity index (χ4v) is 4.72. The second-order valence-corrected chi connectivity index (χ2v) is 8.02. The number of rotatable bonds is 2. The predicted octanol–water partition coefficient (Wildman–Crippen LogP) is 3.37. The number of nitrogens with zero attached hydrogens (tertiary/aromatic N) is 4. The number of aryl methyl sites for hydroxylation is 1. The molecule has 0 radical (unpaired) electrons. The molecule has 3 aromatic rings. The van der Waals surface area contributed by atoms with Crippen molar-refractivity contribution in [2.45, 2.75) is 25.8 Å². The van der Waals surface area contributed by atoms with Crippen LogP contribution in [0.4, 0.5) is 5.95 Å². The van der Waals surface area contributed by atoms with E-state index in [0.29, 0.717) is 5.91 Å². The normalized spacial score (nSPS) is 19.7. The fourth-order valence-electron chi connectivity index (χ4n) is 4.72. The number of fused-ring (bicyclic) bond motifs is 2. The van der Waals surface area contributed by atoms with Crippen LogP contribution in [-0.4, -0.2) is 40.0 Å². The first-order valence-corrected chi connectivity index (χ1v) is 10.2. The highest BCUT2D eigenvalue weighted by Gasteiger charge is 2.32. The molecule has 28 heavy (non-hydrogen) atoms. The molecule has 0 spiro atoms. The summed E-state index contributed by atoms with van der Waals surface area (Å²) in [5.74, 6) is 1.33. The Morgan fingerprint density at radius 1 is 1.04 bits per heavy atom. The Bertz CT molecular complexity index is 1020. The van der Waals surface area contributed by atoms with Gasteiger partial charge in [-0.1, -0.05) is 36.4 Å². The van der Waals surface area contributed by atoms with E-state index in [4.69, 9.17) is 4.98 Å². The lowest BCUT2D eigenvalue weighted by atomic mass is 9.94. The van der Waals surface area contributed by atoms with Gasteiger partial charge in [-0.3, -0.25) is 4.79 Å². The van der Waals surface area contributed by atoms with Crippen LogP contribution in [0, 0.1) is 5.92 Å². The van der Waals surface area contributed by atoms with Crippen LogP contribution in [0.15, 0.2) is 48.5 Å². The van der Waals surface area contributed by atoms with Crippen LogP contribution in [0.1, 0.15) is 24.0 Å². The van der Waals surface area contributed by atoms with E-state index < -0.39 is 0 Å². The minimum absolute atomic E-state index is 0.0545. The number of amides is 1. The van der Waals surface area contributed by atoms with E-state index in [1.807, 2.05) is 12.1 Å². The molecule has 144 valence electrons.